The van der Waals surface area contributed by atoms with Crippen molar-refractivity contribution in [2.24, 2.45) is 0 Å². The molecule has 3 heteroatoms. The van der Waals surface area contributed by atoms with Gasteiger partial charge in [0.25, 0.3) is 5.91 Å². The zero-order valence-corrected chi connectivity index (χ0v) is 10.2. The average Bonchev–Trinajstić information content (AvgIpc) is 2.78. The van der Waals surface area contributed by atoms with Gasteiger partial charge in [0.1, 0.15) is 5.75 Å². The van der Waals surface area contributed by atoms with Crippen molar-refractivity contribution in [3.8, 4) is 5.75 Å². The third kappa shape index (κ3) is 2.99. The number of unbranched alkanes of at least 4 members (excludes halogenated alkanes) is 2. The van der Waals surface area contributed by atoms with Gasteiger partial charge in [-0.15, -0.1) is 0 Å². The minimum Gasteiger partial charge on any atom is -0.480 e. The summed E-state index contributed by atoms with van der Waals surface area (Å²) in [6.45, 7) is 2.90. The normalized spacial score (nSPS) is 17.4. The Morgan fingerprint density at radius 2 is 2.24 bits per heavy atom. The average molecular weight is 233 g/mol. The quantitative estimate of drug-likeness (QED) is 0.792. The molecule has 0 aliphatic carbocycles. The highest BCUT2D eigenvalue weighted by Crippen LogP contribution is 2.27. The van der Waals surface area contributed by atoms with E-state index in [9.17, 15) is 4.79 Å². The van der Waals surface area contributed by atoms with Crippen LogP contribution in [-0.4, -0.2) is 18.6 Å². The van der Waals surface area contributed by atoms with Crippen LogP contribution in [0.2, 0.25) is 0 Å². The Balaban J connectivity index is 1.80. The molecule has 1 N–H and O–H groups in total. The van der Waals surface area contributed by atoms with E-state index in [1.165, 1.54) is 6.42 Å². The number of benzene rings is 1. The minimum atomic E-state index is -0.339. The van der Waals surface area contributed by atoms with E-state index in [4.69, 9.17) is 4.74 Å². The van der Waals surface area contributed by atoms with E-state index in [1.807, 2.05) is 24.3 Å². The molecular formula is C14H19NO2. The van der Waals surface area contributed by atoms with Gasteiger partial charge in [-0.3, -0.25) is 4.79 Å². The molecule has 17 heavy (non-hydrogen) atoms. The van der Waals surface area contributed by atoms with Crippen LogP contribution in [0.3, 0.4) is 0 Å². The Morgan fingerprint density at radius 1 is 1.41 bits per heavy atom. The number of nitrogens with one attached hydrogen (secondary N) is 1. The second-order valence-corrected chi connectivity index (χ2v) is 4.42. The fourth-order valence-electron chi connectivity index (χ4n) is 2.03. The van der Waals surface area contributed by atoms with Gasteiger partial charge in [0, 0.05) is 13.0 Å². The van der Waals surface area contributed by atoms with Crippen molar-refractivity contribution < 1.29 is 9.53 Å². The second-order valence-electron chi connectivity index (χ2n) is 4.42. The molecule has 1 aromatic rings. The molecule has 0 saturated heterocycles. The highest BCUT2D eigenvalue weighted by atomic mass is 16.5. The highest BCUT2D eigenvalue weighted by Gasteiger charge is 2.28. The van der Waals surface area contributed by atoms with Gasteiger partial charge >= 0.3 is 0 Å². The topological polar surface area (TPSA) is 38.3 Å². The summed E-state index contributed by atoms with van der Waals surface area (Å²) >= 11 is 0. The minimum absolute atomic E-state index is 0.0114. The first-order valence-corrected chi connectivity index (χ1v) is 6.33. The molecule has 0 saturated carbocycles. The first kappa shape index (κ1) is 12.0. The zero-order valence-electron chi connectivity index (χ0n) is 10.2. The molecule has 1 amide bonds. The van der Waals surface area contributed by atoms with Crippen LogP contribution in [-0.2, 0) is 11.2 Å². The van der Waals surface area contributed by atoms with Gasteiger partial charge in [-0.1, -0.05) is 38.0 Å². The third-order valence-corrected chi connectivity index (χ3v) is 3.02. The Morgan fingerprint density at radius 3 is 3.00 bits per heavy atom. The molecular weight excluding hydrogens is 214 g/mol. The predicted octanol–water partition coefficient (Wildman–Crippen LogP) is 2.30. The molecule has 3 nitrogen and oxygen atoms in total. The smallest absolute Gasteiger partial charge is 0.261 e. The van der Waals surface area contributed by atoms with Crippen LogP contribution in [0.15, 0.2) is 24.3 Å². The number of fused-ring (bicyclic) bond motifs is 1. The number of rotatable bonds is 5. The molecule has 2 rings (SSSR count). The number of carbonyl (C=O) groups excluding carboxylic acids is 1. The Labute approximate surface area is 102 Å². The molecule has 92 valence electrons. The van der Waals surface area contributed by atoms with Gasteiger partial charge in [-0.05, 0) is 18.1 Å². The molecule has 0 fully saturated rings. The molecule has 1 unspecified atom stereocenters. The van der Waals surface area contributed by atoms with Crippen LogP contribution >= 0.6 is 0 Å². The summed E-state index contributed by atoms with van der Waals surface area (Å²) < 4.78 is 5.61. The third-order valence-electron chi connectivity index (χ3n) is 3.02. The van der Waals surface area contributed by atoms with E-state index < -0.39 is 0 Å². The summed E-state index contributed by atoms with van der Waals surface area (Å²) in [6.07, 6.45) is 3.72. The summed E-state index contributed by atoms with van der Waals surface area (Å²) in [4.78, 5) is 11.8. The fourth-order valence-corrected chi connectivity index (χ4v) is 2.03. The van der Waals surface area contributed by atoms with Crippen molar-refractivity contribution in [2.45, 2.75) is 38.7 Å². The summed E-state index contributed by atoms with van der Waals surface area (Å²) in [6, 6.07) is 7.84. The standard InChI is InChI=1S/C14H19NO2/c1-2-3-6-9-15-14(16)13-10-11-7-4-5-8-12(11)17-13/h4-5,7-8,13H,2-3,6,9-10H2,1H3,(H,15,16). The van der Waals surface area contributed by atoms with E-state index in [0.29, 0.717) is 6.42 Å². The monoisotopic (exact) mass is 233 g/mol. The molecule has 1 aliphatic rings. The summed E-state index contributed by atoms with van der Waals surface area (Å²) in [5, 5.41) is 2.93. The molecule has 1 aliphatic heterocycles. The number of hydrogen-bond acceptors (Lipinski definition) is 2. The molecule has 1 aromatic carbocycles. The van der Waals surface area contributed by atoms with Crippen LogP contribution in [0.4, 0.5) is 0 Å². The van der Waals surface area contributed by atoms with Crippen molar-refractivity contribution in [3.05, 3.63) is 29.8 Å². The summed E-state index contributed by atoms with van der Waals surface area (Å²) in [5.74, 6) is 0.860. The molecule has 0 spiro atoms. The number of para-hydroxylation sites is 1. The SMILES string of the molecule is CCCCCNC(=O)C1Cc2ccccc2O1. The van der Waals surface area contributed by atoms with Crippen molar-refractivity contribution >= 4 is 5.91 Å². The lowest BCUT2D eigenvalue weighted by Crippen LogP contribution is -2.37. The highest BCUT2D eigenvalue weighted by molar-refractivity contribution is 5.82. The lowest BCUT2D eigenvalue weighted by Gasteiger charge is -2.10. The Hall–Kier alpha value is -1.51. The Kier molecular flexibility index (Phi) is 4.02. The van der Waals surface area contributed by atoms with Crippen LogP contribution in [0, 0.1) is 0 Å². The van der Waals surface area contributed by atoms with E-state index >= 15 is 0 Å². The van der Waals surface area contributed by atoms with E-state index in [-0.39, 0.29) is 12.0 Å². The number of amides is 1. The lowest BCUT2D eigenvalue weighted by molar-refractivity contribution is -0.127. The van der Waals surface area contributed by atoms with Crippen LogP contribution in [0.1, 0.15) is 31.7 Å². The van der Waals surface area contributed by atoms with E-state index in [2.05, 4.69) is 12.2 Å². The van der Waals surface area contributed by atoms with Crippen LogP contribution in [0.25, 0.3) is 0 Å². The summed E-state index contributed by atoms with van der Waals surface area (Å²) in [5.41, 5.74) is 1.13. The van der Waals surface area contributed by atoms with Crippen LogP contribution < -0.4 is 10.1 Å². The van der Waals surface area contributed by atoms with Gasteiger partial charge in [-0.25, -0.2) is 0 Å². The van der Waals surface area contributed by atoms with Gasteiger partial charge in [0.2, 0.25) is 0 Å². The fraction of sp³-hybridized carbons (Fsp3) is 0.500. The van der Waals surface area contributed by atoms with Crippen molar-refractivity contribution in [2.75, 3.05) is 6.54 Å². The molecule has 0 aromatic heterocycles. The predicted molar refractivity (Wildman–Crippen MR) is 67.1 cm³/mol. The van der Waals surface area contributed by atoms with E-state index in [1.54, 1.807) is 0 Å². The van der Waals surface area contributed by atoms with Crippen LogP contribution in [0.5, 0.6) is 5.75 Å². The van der Waals surface area contributed by atoms with Crippen molar-refractivity contribution in [1.29, 1.82) is 0 Å². The van der Waals surface area contributed by atoms with Crippen molar-refractivity contribution in [3.63, 3.8) is 0 Å². The summed E-state index contributed by atoms with van der Waals surface area (Å²) in [7, 11) is 0. The number of hydrogen-bond donors (Lipinski definition) is 1. The second kappa shape index (κ2) is 5.71. The zero-order chi connectivity index (χ0) is 12.1. The number of carbonyl (C=O) groups is 1. The Bertz CT molecular complexity index is 365. The van der Waals surface area contributed by atoms with Gasteiger partial charge < -0.3 is 10.1 Å². The van der Waals surface area contributed by atoms with Gasteiger partial charge in [0.05, 0.1) is 0 Å². The molecule has 0 radical (unpaired) electrons. The van der Waals surface area contributed by atoms with Gasteiger partial charge in [0.15, 0.2) is 6.10 Å². The first-order chi connectivity index (χ1) is 8.31. The van der Waals surface area contributed by atoms with Crippen molar-refractivity contribution in [1.82, 2.24) is 5.32 Å². The number of ether oxygens (including phenoxy) is 1. The molecule has 1 heterocycles. The molecule has 1 atom stereocenters. The first-order valence-electron chi connectivity index (χ1n) is 6.33. The maximum Gasteiger partial charge on any atom is 0.261 e. The van der Waals surface area contributed by atoms with E-state index in [0.717, 1.165) is 30.7 Å². The maximum atomic E-state index is 11.8. The largest absolute Gasteiger partial charge is 0.480 e. The lowest BCUT2D eigenvalue weighted by atomic mass is 10.1. The van der Waals surface area contributed by atoms with Gasteiger partial charge in [-0.2, -0.15) is 0 Å². The maximum absolute atomic E-state index is 11.8. The molecule has 0 bridgehead atoms.